The Balaban J connectivity index is 2.09. The lowest BCUT2D eigenvalue weighted by molar-refractivity contribution is 0.169. The van der Waals surface area contributed by atoms with Crippen molar-refractivity contribution in [3.8, 4) is 0 Å². The van der Waals surface area contributed by atoms with Gasteiger partial charge in [0.2, 0.25) is 0 Å². The largest absolute Gasteiger partial charge is 0.336 e. The summed E-state index contributed by atoms with van der Waals surface area (Å²) in [6.07, 6.45) is 3.63. The summed E-state index contributed by atoms with van der Waals surface area (Å²) in [7, 11) is 2.10. The van der Waals surface area contributed by atoms with Gasteiger partial charge in [0.1, 0.15) is 5.82 Å². The van der Waals surface area contributed by atoms with Crippen LogP contribution in [0, 0.1) is 6.92 Å². The first-order valence-electron chi connectivity index (χ1n) is 6.20. The van der Waals surface area contributed by atoms with Crippen LogP contribution in [0.3, 0.4) is 0 Å². The van der Waals surface area contributed by atoms with Crippen molar-refractivity contribution in [2.75, 3.05) is 13.6 Å². The highest BCUT2D eigenvalue weighted by Crippen LogP contribution is 2.31. The molecule has 1 aliphatic rings. The molecule has 2 unspecified atom stereocenters. The molecule has 0 bridgehead atoms. The number of likely N-dealkylation sites (tertiary alicyclic amines) is 1. The van der Waals surface area contributed by atoms with Gasteiger partial charge in [0.25, 0.3) is 5.71 Å². The molecule has 1 fully saturated rings. The van der Waals surface area contributed by atoms with Gasteiger partial charge in [0.15, 0.2) is 0 Å². The van der Waals surface area contributed by atoms with Crippen LogP contribution in [0.25, 0.3) is 11.1 Å². The molecular formula is C12H17N5O. The first-order chi connectivity index (χ1) is 8.65. The zero-order valence-corrected chi connectivity index (χ0v) is 10.6. The van der Waals surface area contributed by atoms with Crippen molar-refractivity contribution in [2.45, 2.75) is 31.8 Å². The lowest BCUT2D eigenvalue weighted by Crippen LogP contribution is -2.40. The van der Waals surface area contributed by atoms with Gasteiger partial charge in [-0.2, -0.15) is 4.98 Å². The summed E-state index contributed by atoms with van der Waals surface area (Å²) in [5.41, 5.74) is 7.62. The van der Waals surface area contributed by atoms with E-state index < -0.39 is 0 Å². The van der Waals surface area contributed by atoms with E-state index in [1.807, 2.05) is 6.92 Å². The maximum Gasteiger partial charge on any atom is 0.261 e. The number of aromatic nitrogens is 3. The average Bonchev–Trinajstić information content (AvgIpc) is 2.79. The molecule has 0 spiro atoms. The van der Waals surface area contributed by atoms with Crippen LogP contribution in [-0.2, 0) is 0 Å². The van der Waals surface area contributed by atoms with E-state index in [1.165, 1.54) is 0 Å². The van der Waals surface area contributed by atoms with Crippen LogP contribution in [0.5, 0.6) is 0 Å². The number of aryl methyl sites for hydroxylation is 1. The molecule has 0 amide bonds. The molecule has 2 aromatic rings. The van der Waals surface area contributed by atoms with Crippen LogP contribution in [0.15, 0.2) is 10.7 Å². The number of hydrogen-bond donors (Lipinski definition) is 1. The van der Waals surface area contributed by atoms with Crippen molar-refractivity contribution < 1.29 is 4.52 Å². The fraction of sp³-hybridized carbons (Fsp3) is 0.583. The lowest BCUT2D eigenvalue weighted by atomic mass is 9.95. The van der Waals surface area contributed by atoms with Crippen molar-refractivity contribution in [2.24, 2.45) is 5.73 Å². The molecular weight excluding hydrogens is 230 g/mol. The Morgan fingerprint density at radius 1 is 1.44 bits per heavy atom. The summed E-state index contributed by atoms with van der Waals surface area (Å²) < 4.78 is 5.14. The predicted octanol–water partition coefficient (Wildman–Crippen LogP) is 1.02. The highest BCUT2D eigenvalue weighted by atomic mass is 16.5. The smallest absolute Gasteiger partial charge is 0.261 e. The van der Waals surface area contributed by atoms with Crippen LogP contribution < -0.4 is 5.73 Å². The van der Waals surface area contributed by atoms with Crippen molar-refractivity contribution >= 4 is 11.1 Å². The Morgan fingerprint density at radius 2 is 2.28 bits per heavy atom. The van der Waals surface area contributed by atoms with Gasteiger partial charge in [-0.1, -0.05) is 5.16 Å². The van der Waals surface area contributed by atoms with E-state index >= 15 is 0 Å². The summed E-state index contributed by atoms with van der Waals surface area (Å²) >= 11 is 0. The molecule has 2 N–H and O–H groups in total. The Labute approximate surface area is 105 Å². The molecule has 1 aliphatic heterocycles. The minimum absolute atomic E-state index is 0.220. The molecule has 6 nitrogen and oxygen atoms in total. The second-order valence-corrected chi connectivity index (χ2v) is 4.98. The Morgan fingerprint density at radius 3 is 3.11 bits per heavy atom. The minimum atomic E-state index is 0.220. The zero-order chi connectivity index (χ0) is 12.7. The van der Waals surface area contributed by atoms with Gasteiger partial charge in [0, 0.05) is 6.04 Å². The molecule has 96 valence electrons. The Kier molecular flexibility index (Phi) is 2.76. The second-order valence-electron chi connectivity index (χ2n) is 4.98. The molecule has 2 atom stereocenters. The van der Waals surface area contributed by atoms with Crippen molar-refractivity contribution in [3.63, 3.8) is 0 Å². The van der Waals surface area contributed by atoms with Gasteiger partial charge in [-0.15, -0.1) is 0 Å². The fourth-order valence-electron chi connectivity index (χ4n) is 2.58. The summed E-state index contributed by atoms with van der Waals surface area (Å²) in [6, 6.07) is 0.453. The molecule has 0 saturated carbocycles. The highest BCUT2D eigenvalue weighted by molar-refractivity contribution is 5.75. The summed E-state index contributed by atoms with van der Waals surface area (Å²) in [5.74, 6) is 0.710. The summed E-state index contributed by atoms with van der Waals surface area (Å²) in [6.45, 7) is 2.86. The molecule has 18 heavy (non-hydrogen) atoms. The fourth-order valence-corrected chi connectivity index (χ4v) is 2.58. The first kappa shape index (κ1) is 11.6. The molecule has 0 radical (unpaired) electrons. The molecule has 1 saturated heterocycles. The van der Waals surface area contributed by atoms with Crippen molar-refractivity contribution in [1.82, 2.24) is 20.0 Å². The number of piperidine rings is 1. The van der Waals surface area contributed by atoms with Crippen LogP contribution >= 0.6 is 0 Å². The second kappa shape index (κ2) is 4.29. The summed E-state index contributed by atoms with van der Waals surface area (Å²) in [4.78, 5) is 11.1. The number of nitrogens with two attached hydrogens (primary N) is 1. The van der Waals surface area contributed by atoms with E-state index in [1.54, 1.807) is 6.20 Å². The van der Waals surface area contributed by atoms with E-state index in [9.17, 15) is 0 Å². The van der Waals surface area contributed by atoms with Crippen LogP contribution in [-0.4, -0.2) is 39.7 Å². The summed E-state index contributed by atoms with van der Waals surface area (Å²) in [5, 5.41) is 4.71. The van der Waals surface area contributed by atoms with E-state index in [2.05, 4.69) is 27.1 Å². The van der Waals surface area contributed by atoms with Gasteiger partial charge >= 0.3 is 0 Å². The molecule has 3 heterocycles. The maximum absolute atomic E-state index is 6.07. The van der Waals surface area contributed by atoms with Gasteiger partial charge < -0.3 is 10.3 Å². The molecule has 6 heteroatoms. The highest BCUT2D eigenvalue weighted by Gasteiger charge is 2.28. The molecule has 0 aromatic carbocycles. The monoisotopic (exact) mass is 247 g/mol. The van der Waals surface area contributed by atoms with Gasteiger partial charge in [-0.3, -0.25) is 4.90 Å². The van der Waals surface area contributed by atoms with Crippen LogP contribution in [0.2, 0.25) is 0 Å². The van der Waals surface area contributed by atoms with Crippen molar-refractivity contribution in [3.05, 3.63) is 17.7 Å². The van der Waals surface area contributed by atoms with Crippen molar-refractivity contribution in [1.29, 1.82) is 0 Å². The van der Waals surface area contributed by atoms with E-state index in [0.29, 0.717) is 11.5 Å². The number of nitrogens with zero attached hydrogens (tertiary/aromatic N) is 4. The van der Waals surface area contributed by atoms with E-state index in [4.69, 9.17) is 10.3 Å². The zero-order valence-electron chi connectivity index (χ0n) is 10.6. The SMILES string of the molecule is Cc1nc(C2CC(N)CCN2C)c2cnoc2n1. The van der Waals surface area contributed by atoms with Gasteiger partial charge in [-0.05, 0) is 33.4 Å². The number of rotatable bonds is 1. The molecule has 3 rings (SSSR count). The molecule has 2 aromatic heterocycles. The minimum Gasteiger partial charge on any atom is -0.336 e. The Bertz CT molecular complexity index is 567. The Hall–Kier alpha value is -1.53. The normalized spacial score (nSPS) is 25.7. The van der Waals surface area contributed by atoms with Crippen LogP contribution in [0.1, 0.15) is 30.4 Å². The third-order valence-electron chi connectivity index (χ3n) is 3.60. The third kappa shape index (κ3) is 1.87. The quantitative estimate of drug-likeness (QED) is 0.810. The van der Waals surface area contributed by atoms with Gasteiger partial charge in [-0.25, -0.2) is 4.98 Å². The van der Waals surface area contributed by atoms with Crippen LogP contribution in [0.4, 0.5) is 0 Å². The lowest BCUT2D eigenvalue weighted by Gasteiger charge is -2.35. The average molecular weight is 247 g/mol. The van der Waals surface area contributed by atoms with Gasteiger partial charge in [0.05, 0.1) is 23.3 Å². The topological polar surface area (TPSA) is 81.1 Å². The number of hydrogen-bond acceptors (Lipinski definition) is 6. The molecule has 0 aliphatic carbocycles. The number of fused-ring (bicyclic) bond motifs is 1. The third-order valence-corrected chi connectivity index (χ3v) is 3.60. The standard InChI is InChI=1S/C12H17N5O/c1-7-15-11(9-6-14-18-12(9)16-7)10-5-8(13)3-4-17(10)2/h6,8,10H,3-5,13H2,1-2H3. The van der Waals surface area contributed by atoms with E-state index in [-0.39, 0.29) is 12.1 Å². The van der Waals surface area contributed by atoms with E-state index in [0.717, 1.165) is 30.5 Å². The predicted molar refractivity (Wildman–Crippen MR) is 66.9 cm³/mol. The first-order valence-corrected chi connectivity index (χ1v) is 6.20. The maximum atomic E-state index is 6.07.